The maximum absolute atomic E-state index is 12.8. The fourth-order valence-corrected chi connectivity index (χ4v) is 2.78. The molecule has 0 bridgehead atoms. The normalized spacial score (nSPS) is 10.7. The van der Waals surface area contributed by atoms with Crippen molar-refractivity contribution in [3.8, 4) is 5.69 Å². The van der Waals surface area contributed by atoms with Crippen molar-refractivity contribution in [3.05, 3.63) is 57.7 Å². The molecule has 1 aromatic carbocycles. The van der Waals surface area contributed by atoms with E-state index in [1.54, 1.807) is 6.07 Å². The number of imidazole rings is 1. The number of aromatic nitrogens is 4. The number of nitrogens with two attached hydrogens (primary N) is 1. The van der Waals surface area contributed by atoms with E-state index in [1.165, 1.54) is 10.9 Å². The smallest absolute Gasteiger partial charge is 0.276 e. The predicted octanol–water partition coefficient (Wildman–Crippen LogP) is 2.33. The average molecular weight is 403 g/mol. The Morgan fingerprint density at radius 2 is 2.04 bits per heavy atom. The number of aromatic amines is 1. The maximum atomic E-state index is 12.8. The van der Waals surface area contributed by atoms with Gasteiger partial charge in [0.05, 0.1) is 5.69 Å². The molecule has 0 atom stereocenters. The van der Waals surface area contributed by atoms with Crippen molar-refractivity contribution in [2.45, 2.75) is 13.8 Å². The van der Waals surface area contributed by atoms with E-state index in [0.717, 1.165) is 15.7 Å². The van der Waals surface area contributed by atoms with Crippen LogP contribution >= 0.6 is 15.9 Å². The first-order valence-electron chi connectivity index (χ1n) is 7.34. The van der Waals surface area contributed by atoms with Gasteiger partial charge in [0.25, 0.3) is 11.8 Å². The molecule has 0 saturated heterocycles. The number of amides is 2. The molecule has 2 aromatic heterocycles. The molecule has 0 fully saturated rings. The van der Waals surface area contributed by atoms with Gasteiger partial charge in [-0.05, 0) is 31.5 Å². The second-order valence-electron chi connectivity index (χ2n) is 5.50. The highest BCUT2D eigenvalue weighted by atomic mass is 79.9. The molecule has 3 rings (SSSR count). The number of rotatable bonds is 4. The number of H-pyrrole nitrogens is 1. The molecule has 2 heterocycles. The predicted molar refractivity (Wildman–Crippen MR) is 95.8 cm³/mol. The second-order valence-corrected chi connectivity index (χ2v) is 6.41. The van der Waals surface area contributed by atoms with Crippen LogP contribution in [0.4, 0.5) is 5.82 Å². The molecular formula is C16H15BrN6O2. The summed E-state index contributed by atoms with van der Waals surface area (Å²) in [4.78, 5) is 28.5. The SMILES string of the molecule is Cc1cc(NC(=O)c2c(C(N)=O)ncn2-c2cc(Br)ccc2C)n[nH]1. The van der Waals surface area contributed by atoms with Gasteiger partial charge < -0.3 is 11.1 Å². The van der Waals surface area contributed by atoms with Gasteiger partial charge in [0.15, 0.2) is 11.5 Å². The third-order valence-corrected chi connectivity index (χ3v) is 4.09. The molecule has 8 nitrogen and oxygen atoms in total. The number of nitrogens with one attached hydrogen (secondary N) is 2. The topological polar surface area (TPSA) is 119 Å². The third kappa shape index (κ3) is 3.31. The van der Waals surface area contributed by atoms with Gasteiger partial charge in [-0.2, -0.15) is 5.10 Å². The Morgan fingerprint density at radius 1 is 1.28 bits per heavy atom. The highest BCUT2D eigenvalue weighted by Crippen LogP contribution is 2.23. The fraction of sp³-hybridized carbons (Fsp3) is 0.125. The Balaban J connectivity index is 2.10. The van der Waals surface area contributed by atoms with Crippen LogP contribution in [0.1, 0.15) is 32.2 Å². The summed E-state index contributed by atoms with van der Waals surface area (Å²) in [6.07, 6.45) is 1.40. The molecule has 0 aliphatic rings. The van der Waals surface area contributed by atoms with Crippen molar-refractivity contribution in [1.82, 2.24) is 19.7 Å². The summed E-state index contributed by atoms with van der Waals surface area (Å²) < 4.78 is 2.37. The molecule has 0 spiro atoms. The summed E-state index contributed by atoms with van der Waals surface area (Å²) >= 11 is 3.41. The zero-order valence-electron chi connectivity index (χ0n) is 13.5. The van der Waals surface area contributed by atoms with E-state index in [9.17, 15) is 9.59 Å². The first kappa shape index (κ1) is 16.9. The Kier molecular flexibility index (Phi) is 4.41. The van der Waals surface area contributed by atoms with E-state index < -0.39 is 11.8 Å². The summed E-state index contributed by atoms with van der Waals surface area (Å²) in [5, 5.41) is 9.34. The lowest BCUT2D eigenvalue weighted by Gasteiger charge is -2.12. The molecule has 25 heavy (non-hydrogen) atoms. The second kappa shape index (κ2) is 6.52. The molecular weight excluding hydrogens is 388 g/mol. The molecule has 4 N–H and O–H groups in total. The van der Waals surface area contributed by atoms with Crippen molar-refractivity contribution < 1.29 is 9.59 Å². The van der Waals surface area contributed by atoms with E-state index in [0.29, 0.717) is 11.5 Å². The number of anilines is 1. The van der Waals surface area contributed by atoms with Gasteiger partial charge in [0.2, 0.25) is 0 Å². The number of carbonyl (C=O) groups excluding carboxylic acids is 2. The first-order valence-corrected chi connectivity index (χ1v) is 8.13. The lowest BCUT2D eigenvalue weighted by atomic mass is 10.2. The number of benzene rings is 1. The number of halogens is 1. The quantitative estimate of drug-likeness (QED) is 0.620. The monoisotopic (exact) mass is 402 g/mol. The van der Waals surface area contributed by atoms with Gasteiger partial charge in [0.1, 0.15) is 12.0 Å². The van der Waals surface area contributed by atoms with Crippen LogP contribution in [-0.4, -0.2) is 31.6 Å². The summed E-state index contributed by atoms with van der Waals surface area (Å²) in [6.45, 7) is 3.71. The third-order valence-electron chi connectivity index (χ3n) is 3.59. The highest BCUT2D eigenvalue weighted by molar-refractivity contribution is 9.10. The highest BCUT2D eigenvalue weighted by Gasteiger charge is 2.24. The number of carbonyl (C=O) groups is 2. The maximum Gasteiger partial charge on any atom is 0.276 e. The minimum atomic E-state index is -0.783. The van der Waals surface area contributed by atoms with Crippen LogP contribution < -0.4 is 11.1 Å². The number of hydrogen-bond acceptors (Lipinski definition) is 4. The molecule has 0 radical (unpaired) electrons. The van der Waals surface area contributed by atoms with Crippen LogP contribution in [0.25, 0.3) is 5.69 Å². The molecule has 128 valence electrons. The number of aryl methyl sites for hydroxylation is 2. The van der Waals surface area contributed by atoms with Gasteiger partial charge in [-0.15, -0.1) is 0 Å². The van der Waals surface area contributed by atoms with Crippen molar-refractivity contribution in [2.24, 2.45) is 5.73 Å². The van der Waals surface area contributed by atoms with Crippen molar-refractivity contribution in [2.75, 3.05) is 5.32 Å². The van der Waals surface area contributed by atoms with Crippen LogP contribution in [0.5, 0.6) is 0 Å². The minimum Gasteiger partial charge on any atom is -0.364 e. The first-order chi connectivity index (χ1) is 11.9. The van der Waals surface area contributed by atoms with Crippen molar-refractivity contribution in [3.63, 3.8) is 0 Å². The van der Waals surface area contributed by atoms with Gasteiger partial charge in [0, 0.05) is 16.2 Å². The van der Waals surface area contributed by atoms with Crippen LogP contribution in [0, 0.1) is 13.8 Å². The van der Waals surface area contributed by atoms with Crippen LogP contribution in [0.15, 0.2) is 35.1 Å². The zero-order valence-corrected chi connectivity index (χ0v) is 15.1. The van der Waals surface area contributed by atoms with Crippen LogP contribution in [-0.2, 0) is 0 Å². The number of nitrogens with zero attached hydrogens (tertiary/aromatic N) is 3. The Bertz CT molecular complexity index is 975. The molecule has 0 aliphatic heterocycles. The Labute approximate surface area is 151 Å². The van der Waals surface area contributed by atoms with E-state index in [1.807, 2.05) is 32.0 Å². The average Bonchev–Trinajstić information content (AvgIpc) is 3.16. The molecule has 0 aliphatic carbocycles. The van der Waals surface area contributed by atoms with Crippen LogP contribution in [0.3, 0.4) is 0 Å². The van der Waals surface area contributed by atoms with Crippen LogP contribution in [0.2, 0.25) is 0 Å². The minimum absolute atomic E-state index is 0.0503. The molecule has 3 aromatic rings. The van der Waals surface area contributed by atoms with E-state index in [2.05, 4.69) is 36.4 Å². The summed E-state index contributed by atoms with van der Waals surface area (Å²) in [5.74, 6) is -0.969. The zero-order chi connectivity index (χ0) is 18.1. The van der Waals surface area contributed by atoms with E-state index in [-0.39, 0.29) is 11.4 Å². The van der Waals surface area contributed by atoms with E-state index >= 15 is 0 Å². The van der Waals surface area contributed by atoms with Gasteiger partial charge in [-0.25, -0.2) is 4.98 Å². The summed E-state index contributed by atoms with van der Waals surface area (Å²) in [7, 11) is 0. The number of hydrogen-bond donors (Lipinski definition) is 3. The van der Waals surface area contributed by atoms with Crippen molar-refractivity contribution in [1.29, 1.82) is 0 Å². The lowest BCUT2D eigenvalue weighted by Crippen LogP contribution is -2.23. The number of primary amides is 1. The standard InChI is InChI=1S/C16H15BrN6O2/c1-8-3-4-10(17)6-11(8)23-7-19-13(15(18)24)14(23)16(25)20-12-5-9(2)21-22-12/h3-7H,1-2H3,(H2,18,24)(H2,20,21,22,25). The molecule has 2 amide bonds. The summed E-state index contributed by atoms with van der Waals surface area (Å²) in [6, 6.07) is 7.28. The Morgan fingerprint density at radius 3 is 2.68 bits per heavy atom. The van der Waals surface area contributed by atoms with Crippen molar-refractivity contribution >= 4 is 33.6 Å². The molecule has 9 heteroatoms. The summed E-state index contributed by atoms with van der Waals surface area (Å²) in [5.41, 5.74) is 7.73. The lowest BCUT2D eigenvalue weighted by molar-refractivity contribution is 0.0971. The van der Waals surface area contributed by atoms with E-state index in [4.69, 9.17) is 5.73 Å². The largest absolute Gasteiger partial charge is 0.364 e. The molecule has 0 saturated carbocycles. The fourth-order valence-electron chi connectivity index (χ4n) is 2.43. The van der Waals surface area contributed by atoms with Gasteiger partial charge in [-0.3, -0.25) is 19.3 Å². The van der Waals surface area contributed by atoms with Gasteiger partial charge >= 0.3 is 0 Å². The Hall–Kier alpha value is -2.94. The van der Waals surface area contributed by atoms with Gasteiger partial charge in [-0.1, -0.05) is 22.0 Å². The molecule has 0 unspecified atom stereocenters.